The van der Waals surface area contributed by atoms with Crippen molar-refractivity contribution < 1.29 is 18.7 Å². The first-order chi connectivity index (χ1) is 19.1. The molecule has 6 rings (SSSR count). The summed E-state index contributed by atoms with van der Waals surface area (Å²) in [6.07, 6.45) is 6.73. The molecule has 1 amide bonds. The average Bonchev–Trinajstić information content (AvgIpc) is 3.50. The summed E-state index contributed by atoms with van der Waals surface area (Å²) in [5.74, 6) is 2.09. The van der Waals surface area contributed by atoms with E-state index in [-0.39, 0.29) is 12.1 Å². The fourth-order valence-electron chi connectivity index (χ4n) is 5.42. The molecule has 2 fully saturated rings. The molecule has 1 saturated carbocycles. The van der Waals surface area contributed by atoms with E-state index >= 15 is 0 Å². The number of nitrogens with zero attached hydrogens (tertiary/aromatic N) is 6. The largest absolute Gasteiger partial charge is 0.473 e. The maximum absolute atomic E-state index is 12.0. The number of imidazole rings is 1. The van der Waals surface area contributed by atoms with Gasteiger partial charge < -0.3 is 29.0 Å². The molecule has 2 aliphatic rings. The van der Waals surface area contributed by atoms with Crippen LogP contribution in [0.4, 0.5) is 10.6 Å². The molecule has 0 atom stereocenters. The topological polar surface area (TPSA) is 110 Å². The first-order valence-corrected chi connectivity index (χ1v) is 13.9. The summed E-state index contributed by atoms with van der Waals surface area (Å²) in [4.78, 5) is 25.9. The Morgan fingerprint density at radius 3 is 2.67 bits per heavy atom. The smallest absolute Gasteiger partial charge is 0.407 e. The fraction of sp³-hybridized carbons (Fsp3) is 0.517. The van der Waals surface area contributed by atoms with Crippen LogP contribution in [0.15, 0.2) is 41.1 Å². The highest BCUT2D eigenvalue weighted by Gasteiger charge is 2.33. The SMILES string of the molecule is CN1CCC(N(C)c2nccc3oc(-c4cnc5ccc(O[C@H]6C[C@H](NC(=O)OC(C)(C)C)C6)nn45)cc23)CC1. The summed E-state index contributed by atoms with van der Waals surface area (Å²) in [6.45, 7) is 7.72. The first-order valence-electron chi connectivity index (χ1n) is 13.9. The fourth-order valence-corrected chi connectivity index (χ4v) is 5.42. The highest BCUT2D eigenvalue weighted by atomic mass is 16.6. The number of carbonyl (C=O) groups is 1. The van der Waals surface area contributed by atoms with Crippen molar-refractivity contribution in [1.82, 2.24) is 29.8 Å². The number of pyridine rings is 1. The van der Waals surface area contributed by atoms with Crippen molar-refractivity contribution in [2.45, 2.75) is 70.2 Å². The van der Waals surface area contributed by atoms with Gasteiger partial charge in [-0.2, -0.15) is 0 Å². The van der Waals surface area contributed by atoms with Crippen LogP contribution >= 0.6 is 0 Å². The van der Waals surface area contributed by atoms with Gasteiger partial charge in [-0.25, -0.2) is 19.3 Å². The Morgan fingerprint density at radius 1 is 1.15 bits per heavy atom. The molecule has 0 unspecified atom stereocenters. The lowest BCUT2D eigenvalue weighted by Crippen LogP contribution is -2.50. The minimum atomic E-state index is -0.522. The van der Waals surface area contributed by atoms with Crippen LogP contribution in [-0.2, 0) is 4.74 Å². The van der Waals surface area contributed by atoms with Gasteiger partial charge in [0, 0.05) is 44.2 Å². The Morgan fingerprint density at radius 2 is 1.93 bits per heavy atom. The normalized spacial score (nSPS) is 20.4. The van der Waals surface area contributed by atoms with Crippen LogP contribution in [0.1, 0.15) is 46.5 Å². The number of alkyl carbamates (subject to hydrolysis) is 1. The summed E-state index contributed by atoms with van der Waals surface area (Å²) in [7, 11) is 4.29. The van der Waals surface area contributed by atoms with Crippen molar-refractivity contribution in [1.29, 1.82) is 0 Å². The number of nitrogens with one attached hydrogen (secondary N) is 1. The highest BCUT2D eigenvalue weighted by molar-refractivity contribution is 5.92. The number of anilines is 1. The van der Waals surface area contributed by atoms with Crippen molar-refractivity contribution in [2.75, 3.05) is 32.1 Å². The van der Waals surface area contributed by atoms with Crippen molar-refractivity contribution in [3.05, 3.63) is 36.7 Å². The number of carbonyl (C=O) groups excluding carboxylic acids is 1. The molecule has 0 aromatic carbocycles. The van der Waals surface area contributed by atoms with Gasteiger partial charge in [0.1, 0.15) is 28.8 Å². The molecule has 4 aromatic heterocycles. The number of aromatic nitrogens is 4. The summed E-state index contributed by atoms with van der Waals surface area (Å²) in [5.41, 5.74) is 1.69. The van der Waals surface area contributed by atoms with Gasteiger partial charge in [0.05, 0.1) is 11.6 Å². The quantitative estimate of drug-likeness (QED) is 0.373. The zero-order valence-corrected chi connectivity index (χ0v) is 23.8. The second kappa shape index (κ2) is 10.3. The number of amides is 1. The van der Waals surface area contributed by atoms with E-state index in [9.17, 15) is 4.79 Å². The molecule has 11 nitrogen and oxygen atoms in total. The molecule has 0 bridgehead atoms. The van der Waals surface area contributed by atoms with Gasteiger partial charge >= 0.3 is 6.09 Å². The van der Waals surface area contributed by atoms with E-state index in [1.807, 2.05) is 45.0 Å². The molecule has 1 N–H and O–H groups in total. The molecule has 1 aliphatic carbocycles. The zero-order chi connectivity index (χ0) is 28.0. The Hall–Kier alpha value is -3.86. The Bertz CT molecular complexity index is 1510. The second-order valence-electron chi connectivity index (χ2n) is 11.9. The van der Waals surface area contributed by atoms with Crippen LogP contribution in [0.5, 0.6) is 5.88 Å². The number of piperidine rings is 1. The summed E-state index contributed by atoms with van der Waals surface area (Å²) in [5, 5.41) is 8.57. The van der Waals surface area contributed by atoms with Crippen LogP contribution in [0.25, 0.3) is 28.1 Å². The van der Waals surface area contributed by atoms with Crippen LogP contribution < -0.4 is 15.0 Å². The van der Waals surface area contributed by atoms with Crippen LogP contribution in [0.3, 0.4) is 0 Å². The predicted molar refractivity (Wildman–Crippen MR) is 152 cm³/mol. The first kappa shape index (κ1) is 26.4. The molecule has 1 saturated heterocycles. The summed E-state index contributed by atoms with van der Waals surface area (Å²) in [6, 6.07) is 8.09. The lowest BCUT2D eigenvalue weighted by atomic mass is 9.89. The molecular weight excluding hydrogens is 510 g/mol. The van der Waals surface area contributed by atoms with Gasteiger partial charge in [0.15, 0.2) is 11.4 Å². The molecule has 5 heterocycles. The van der Waals surface area contributed by atoms with Gasteiger partial charge in [-0.15, -0.1) is 5.10 Å². The second-order valence-corrected chi connectivity index (χ2v) is 11.9. The molecule has 40 heavy (non-hydrogen) atoms. The standard InChI is InChI=1S/C29H37N7O4/c1-29(2,3)40-28(37)32-18-14-20(15-18)38-26-7-6-25-31-17-22(36(25)33-26)24-16-21-23(39-24)8-11-30-27(21)35(5)19-9-12-34(4)13-10-19/h6-8,11,16-20H,9-10,12-15H2,1-5H3,(H,32,37)/t18-,20-. The van der Waals surface area contributed by atoms with Crippen molar-refractivity contribution >= 4 is 28.5 Å². The van der Waals surface area contributed by atoms with E-state index < -0.39 is 11.7 Å². The number of ether oxygens (including phenoxy) is 2. The Balaban J connectivity index is 1.17. The molecule has 0 radical (unpaired) electrons. The predicted octanol–water partition coefficient (Wildman–Crippen LogP) is 4.50. The number of likely N-dealkylation sites (tertiary alicyclic amines) is 1. The van der Waals surface area contributed by atoms with Crippen LogP contribution in [-0.4, -0.2) is 81.5 Å². The van der Waals surface area contributed by atoms with Crippen molar-refractivity contribution in [3.63, 3.8) is 0 Å². The number of hydrogen-bond donors (Lipinski definition) is 1. The zero-order valence-electron chi connectivity index (χ0n) is 23.8. The summed E-state index contributed by atoms with van der Waals surface area (Å²) < 4.78 is 19.5. The maximum Gasteiger partial charge on any atom is 0.407 e. The highest BCUT2D eigenvalue weighted by Crippen LogP contribution is 2.34. The third-order valence-electron chi connectivity index (χ3n) is 7.69. The van der Waals surface area contributed by atoms with Crippen LogP contribution in [0, 0.1) is 0 Å². The van der Waals surface area contributed by atoms with Crippen molar-refractivity contribution in [2.24, 2.45) is 0 Å². The lowest BCUT2D eigenvalue weighted by Gasteiger charge is -2.35. The van der Waals surface area contributed by atoms with Gasteiger partial charge in [-0.1, -0.05) is 0 Å². The van der Waals surface area contributed by atoms with Gasteiger partial charge in [0.2, 0.25) is 5.88 Å². The van der Waals surface area contributed by atoms with Crippen LogP contribution in [0.2, 0.25) is 0 Å². The van der Waals surface area contributed by atoms with E-state index in [2.05, 4.69) is 34.2 Å². The molecular formula is C29H37N7O4. The molecule has 212 valence electrons. The van der Waals surface area contributed by atoms with E-state index in [0.717, 1.165) is 48.4 Å². The summed E-state index contributed by atoms with van der Waals surface area (Å²) >= 11 is 0. The maximum atomic E-state index is 12.0. The van der Waals surface area contributed by atoms with Gasteiger partial charge in [-0.3, -0.25) is 0 Å². The monoisotopic (exact) mass is 547 g/mol. The Kier molecular flexibility index (Phi) is 6.77. The number of fused-ring (bicyclic) bond motifs is 2. The average molecular weight is 548 g/mol. The third-order valence-corrected chi connectivity index (χ3v) is 7.69. The number of rotatable bonds is 6. The van der Waals surface area contributed by atoms with E-state index in [1.54, 1.807) is 16.9 Å². The molecule has 0 spiro atoms. The minimum absolute atomic E-state index is 0.0263. The van der Waals surface area contributed by atoms with Crippen molar-refractivity contribution in [3.8, 4) is 17.3 Å². The van der Waals surface area contributed by atoms with E-state index in [4.69, 9.17) is 24.0 Å². The third kappa shape index (κ3) is 5.42. The lowest BCUT2D eigenvalue weighted by molar-refractivity contribution is 0.0352. The Labute approximate surface area is 233 Å². The minimum Gasteiger partial charge on any atom is -0.473 e. The van der Waals surface area contributed by atoms with E-state index in [0.29, 0.717) is 36.2 Å². The van der Waals surface area contributed by atoms with E-state index in [1.165, 1.54) is 0 Å². The number of hydrogen-bond acceptors (Lipinski definition) is 9. The number of furan rings is 1. The van der Waals surface area contributed by atoms with Gasteiger partial charge in [0.25, 0.3) is 0 Å². The molecule has 4 aromatic rings. The molecule has 11 heteroatoms. The molecule has 1 aliphatic heterocycles. The van der Waals surface area contributed by atoms with Gasteiger partial charge in [-0.05, 0) is 71.9 Å².